The number of amides is 2. The van der Waals surface area contributed by atoms with E-state index in [-0.39, 0.29) is 17.3 Å². The Hall–Kier alpha value is -3.27. The van der Waals surface area contributed by atoms with E-state index in [0.717, 1.165) is 24.6 Å². The second-order valence-electron chi connectivity index (χ2n) is 5.67. The van der Waals surface area contributed by atoms with Crippen LogP contribution in [0.25, 0.3) is 0 Å². The lowest BCUT2D eigenvalue weighted by molar-refractivity contribution is -0.143. The summed E-state index contributed by atoms with van der Waals surface area (Å²) in [6.07, 6.45) is 3.18. The fourth-order valence-corrected chi connectivity index (χ4v) is 2.89. The summed E-state index contributed by atoms with van der Waals surface area (Å²) in [7, 11) is 0. The molecule has 1 aromatic heterocycles. The Morgan fingerprint density at radius 1 is 1.32 bits per heavy atom. The molecule has 3 rings (SSSR count). The van der Waals surface area contributed by atoms with Gasteiger partial charge < -0.3 is 10.2 Å². The Kier molecular flexibility index (Phi) is 4.70. The lowest BCUT2D eigenvalue weighted by atomic mass is 10.1. The van der Waals surface area contributed by atoms with Crippen molar-refractivity contribution in [3.8, 4) is 6.07 Å². The number of nitriles is 1. The summed E-state index contributed by atoms with van der Waals surface area (Å²) < 4.78 is 13.3. The third kappa shape index (κ3) is 3.48. The van der Waals surface area contributed by atoms with Gasteiger partial charge in [-0.1, -0.05) is 6.07 Å². The average Bonchev–Trinajstić information content (AvgIpc) is 3.13. The van der Waals surface area contributed by atoms with Crippen LogP contribution in [0.2, 0.25) is 0 Å². The number of anilines is 1. The van der Waals surface area contributed by atoms with Crippen molar-refractivity contribution in [3.63, 3.8) is 0 Å². The van der Waals surface area contributed by atoms with Crippen LogP contribution in [0.1, 0.15) is 30.1 Å². The van der Waals surface area contributed by atoms with Gasteiger partial charge in [-0.05, 0) is 43.2 Å². The van der Waals surface area contributed by atoms with Crippen LogP contribution < -0.4 is 5.32 Å². The summed E-state index contributed by atoms with van der Waals surface area (Å²) in [6, 6.07) is 10.5. The number of carbonyl (C=O) groups is 2. The zero-order valence-electron chi connectivity index (χ0n) is 13.3. The zero-order chi connectivity index (χ0) is 17.8. The van der Waals surface area contributed by atoms with Gasteiger partial charge >= 0.3 is 11.8 Å². The summed E-state index contributed by atoms with van der Waals surface area (Å²) in [5, 5.41) is 11.3. The van der Waals surface area contributed by atoms with Crippen molar-refractivity contribution in [2.24, 2.45) is 0 Å². The standard InChI is InChI=1S/C18H15FN4O2/c19-14-7-6-13(10-12(14)11-20)22-17(24)18(25)23-9-3-5-16(23)15-4-1-2-8-21-15/h1-2,4,6-8,10,16H,3,5,9H2,(H,22,24). The van der Waals surface area contributed by atoms with Gasteiger partial charge in [0.2, 0.25) is 0 Å². The number of halogens is 1. The normalized spacial score (nSPS) is 16.3. The van der Waals surface area contributed by atoms with Crippen molar-refractivity contribution in [2.75, 3.05) is 11.9 Å². The van der Waals surface area contributed by atoms with Gasteiger partial charge in [0.25, 0.3) is 0 Å². The first kappa shape index (κ1) is 16.6. The number of nitrogens with zero attached hydrogens (tertiary/aromatic N) is 3. The van der Waals surface area contributed by atoms with Crippen LogP contribution in [-0.4, -0.2) is 28.2 Å². The topological polar surface area (TPSA) is 86.1 Å². The number of carbonyl (C=O) groups excluding carboxylic acids is 2. The SMILES string of the molecule is N#Cc1cc(NC(=O)C(=O)N2CCCC2c2ccccn2)ccc1F. The molecule has 7 heteroatoms. The molecule has 0 bridgehead atoms. The molecule has 1 N–H and O–H groups in total. The minimum Gasteiger partial charge on any atom is -0.326 e. The van der Waals surface area contributed by atoms with Crippen LogP contribution in [-0.2, 0) is 9.59 Å². The van der Waals surface area contributed by atoms with E-state index in [2.05, 4.69) is 10.3 Å². The predicted molar refractivity (Wildman–Crippen MR) is 87.7 cm³/mol. The number of pyridine rings is 1. The number of nitrogens with one attached hydrogen (secondary N) is 1. The maximum Gasteiger partial charge on any atom is 0.313 e. The van der Waals surface area contributed by atoms with Crippen molar-refractivity contribution >= 4 is 17.5 Å². The molecule has 1 fully saturated rings. The number of benzene rings is 1. The molecule has 0 aliphatic carbocycles. The smallest absolute Gasteiger partial charge is 0.313 e. The number of hydrogen-bond donors (Lipinski definition) is 1. The van der Waals surface area contributed by atoms with E-state index in [9.17, 15) is 14.0 Å². The van der Waals surface area contributed by atoms with E-state index in [0.29, 0.717) is 6.54 Å². The van der Waals surface area contributed by atoms with Gasteiger partial charge in [0.05, 0.1) is 17.3 Å². The van der Waals surface area contributed by atoms with Gasteiger partial charge in [0.1, 0.15) is 11.9 Å². The number of likely N-dealkylation sites (tertiary alicyclic amines) is 1. The Bertz CT molecular complexity index is 848. The Balaban J connectivity index is 1.74. The maximum atomic E-state index is 13.3. The van der Waals surface area contributed by atoms with Gasteiger partial charge in [-0.3, -0.25) is 14.6 Å². The highest BCUT2D eigenvalue weighted by Gasteiger charge is 2.34. The minimum atomic E-state index is -0.821. The summed E-state index contributed by atoms with van der Waals surface area (Å²) in [4.78, 5) is 30.5. The average molecular weight is 338 g/mol. The van der Waals surface area contributed by atoms with Crippen LogP contribution in [0, 0.1) is 17.1 Å². The minimum absolute atomic E-state index is 0.196. The lowest BCUT2D eigenvalue weighted by Crippen LogP contribution is -2.39. The van der Waals surface area contributed by atoms with E-state index in [1.807, 2.05) is 12.1 Å². The highest BCUT2D eigenvalue weighted by Crippen LogP contribution is 2.30. The van der Waals surface area contributed by atoms with Crippen molar-refractivity contribution < 1.29 is 14.0 Å². The molecule has 126 valence electrons. The molecule has 1 saturated heterocycles. The highest BCUT2D eigenvalue weighted by molar-refractivity contribution is 6.39. The largest absolute Gasteiger partial charge is 0.326 e. The molecule has 1 aliphatic rings. The van der Waals surface area contributed by atoms with Gasteiger partial charge in [-0.2, -0.15) is 5.26 Å². The van der Waals surface area contributed by atoms with E-state index >= 15 is 0 Å². The van der Waals surface area contributed by atoms with Crippen molar-refractivity contribution in [1.29, 1.82) is 5.26 Å². The lowest BCUT2D eigenvalue weighted by Gasteiger charge is -2.23. The fraction of sp³-hybridized carbons (Fsp3) is 0.222. The molecule has 6 nitrogen and oxygen atoms in total. The van der Waals surface area contributed by atoms with Gasteiger partial charge in [0, 0.05) is 18.4 Å². The van der Waals surface area contributed by atoms with E-state index in [1.54, 1.807) is 18.3 Å². The summed E-state index contributed by atoms with van der Waals surface area (Å²) in [5.41, 5.74) is 0.748. The molecule has 0 saturated carbocycles. The molecule has 2 heterocycles. The first-order valence-electron chi connectivity index (χ1n) is 7.82. The molecular weight excluding hydrogens is 323 g/mol. The van der Waals surface area contributed by atoms with E-state index in [1.165, 1.54) is 17.0 Å². The van der Waals surface area contributed by atoms with Crippen LogP contribution >= 0.6 is 0 Å². The quantitative estimate of drug-likeness (QED) is 0.852. The molecule has 2 aromatic rings. The third-order valence-electron chi connectivity index (χ3n) is 4.08. The van der Waals surface area contributed by atoms with Crippen LogP contribution in [0.5, 0.6) is 0 Å². The molecule has 1 unspecified atom stereocenters. The third-order valence-corrected chi connectivity index (χ3v) is 4.08. The van der Waals surface area contributed by atoms with Crippen LogP contribution in [0.4, 0.5) is 10.1 Å². The molecule has 1 atom stereocenters. The van der Waals surface area contributed by atoms with Crippen LogP contribution in [0.15, 0.2) is 42.6 Å². The molecular formula is C18H15FN4O2. The number of rotatable bonds is 2. The molecule has 1 aromatic carbocycles. The first-order chi connectivity index (χ1) is 12.1. The van der Waals surface area contributed by atoms with Crippen LogP contribution in [0.3, 0.4) is 0 Å². The van der Waals surface area contributed by atoms with E-state index < -0.39 is 17.6 Å². The molecule has 1 aliphatic heterocycles. The highest BCUT2D eigenvalue weighted by atomic mass is 19.1. The Morgan fingerprint density at radius 3 is 2.88 bits per heavy atom. The monoisotopic (exact) mass is 338 g/mol. The van der Waals surface area contributed by atoms with Crippen molar-refractivity contribution in [3.05, 3.63) is 59.7 Å². The second-order valence-corrected chi connectivity index (χ2v) is 5.67. The maximum absolute atomic E-state index is 13.3. The number of aromatic nitrogens is 1. The first-order valence-corrected chi connectivity index (χ1v) is 7.82. The van der Waals surface area contributed by atoms with Crippen molar-refractivity contribution in [1.82, 2.24) is 9.88 Å². The summed E-state index contributed by atoms with van der Waals surface area (Å²) in [5.74, 6) is -2.17. The molecule has 0 radical (unpaired) electrons. The Morgan fingerprint density at radius 2 is 2.16 bits per heavy atom. The molecule has 25 heavy (non-hydrogen) atoms. The summed E-state index contributed by atoms with van der Waals surface area (Å²) >= 11 is 0. The van der Waals surface area contributed by atoms with Gasteiger partial charge in [-0.25, -0.2) is 4.39 Å². The summed E-state index contributed by atoms with van der Waals surface area (Å²) in [6.45, 7) is 0.473. The zero-order valence-corrected chi connectivity index (χ0v) is 13.3. The fourth-order valence-electron chi connectivity index (χ4n) is 2.89. The van der Waals surface area contributed by atoms with E-state index in [4.69, 9.17) is 5.26 Å². The molecule has 0 spiro atoms. The van der Waals surface area contributed by atoms with Gasteiger partial charge in [0.15, 0.2) is 0 Å². The Labute approximate surface area is 143 Å². The van der Waals surface area contributed by atoms with Crippen molar-refractivity contribution in [2.45, 2.75) is 18.9 Å². The molecule has 2 amide bonds. The second kappa shape index (κ2) is 7.09. The van der Waals surface area contributed by atoms with Gasteiger partial charge in [-0.15, -0.1) is 0 Å². The number of hydrogen-bond acceptors (Lipinski definition) is 4. The predicted octanol–water partition coefficient (Wildman–Crippen LogP) is 2.39.